The molecular formula is C11H13N3O4. The van der Waals surface area contributed by atoms with Crippen molar-refractivity contribution in [2.24, 2.45) is 0 Å². The minimum atomic E-state index is -0.962. The van der Waals surface area contributed by atoms with E-state index in [1.54, 1.807) is 0 Å². The SMILES string of the molecule is N#CCCCCC(OC#N)C(=O)OCCOC#N. The fourth-order valence-electron chi connectivity index (χ4n) is 1.14. The molecule has 0 bridgehead atoms. The normalized spacial score (nSPS) is 10.3. The van der Waals surface area contributed by atoms with Gasteiger partial charge in [-0.25, -0.2) is 4.79 Å². The molecular weight excluding hydrogens is 238 g/mol. The predicted octanol–water partition coefficient (Wildman–Crippen LogP) is 0.978. The van der Waals surface area contributed by atoms with E-state index in [2.05, 4.69) is 9.47 Å². The lowest BCUT2D eigenvalue weighted by atomic mass is 10.1. The van der Waals surface area contributed by atoms with E-state index >= 15 is 0 Å². The van der Waals surface area contributed by atoms with Crippen LogP contribution in [-0.4, -0.2) is 25.3 Å². The highest BCUT2D eigenvalue weighted by molar-refractivity contribution is 5.74. The maximum atomic E-state index is 11.5. The van der Waals surface area contributed by atoms with E-state index in [0.717, 1.165) is 0 Å². The van der Waals surface area contributed by atoms with Crippen molar-refractivity contribution in [1.82, 2.24) is 0 Å². The number of nitriles is 3. The average Bonchev–Trinajstić information content (AvgIpc) is 2.38. The Morgan fingerprint density at radius 1 is 1.11 bits per heavy atom. The smallest absolute Gasteiger partial charge is 0.348 e. The molecule has 0 amide bonds. The molecule has 0 aliphatic heterocycles. The van der Waals surface area contributed by atoms with Gasteiger partial charge in [0.1, 0.15) is 13.2 Å². The van der Waals surface area contributed by atoms with E-state index in [9.17, 15) is 4.79 Å². The zero-order valence-electron chi connectivity index (χ0n) is 9.79. The van der Waals surface area contributed by atoms with Crippen LogP contribution in [0.25, 0.3) is 0 Å². The third-order valence-corrected chi connectivity index (χ3v) is 1.96. The van der Waals surface area contributed by atoms with E-state index in [0.29, 0.717) is 25.7 Å². The van der Waals surface area contributed by atoms with Crippen molar-refractivity contribution in [1.29, 1.82) is 15.8 Å². The monoisotopic (exact) mass is 251 g/mol. The van der Waals surface area contributed by atoms with E-state index in [-0.39, 0.29) is 13.2 Å². The summed E-state index contributed by atoms with van der Waals surface area (Å²) in [5.41, 5.74) is 0. The molecule has 1 atom stereocenters. The van der Waals surface area contributed by atoms with Crippen LogP contribution in [-0.2, 0) is 19.0 Å². The molecule has 0 aromatic heterocycles. The van der Waals surface area contributed by atoms with E-state index in [1.807, 2.05) is 6.07 Å². The van der Waals surface area contributed by atoms with Crippen molar-refractivity contribution in [2.45, 2.75) is 31.8 Å². The maximum absolute atomic E-state index is 11.5. The first kappa shape index (κ1) is 15.5. The molecule has 0 aromatic rings. The van der Waals surface area contributed by atoms with Crippen LogP contribution in [0.1, 0.15) is 25.7 Å². The Balaban J connectivity index is 3.93. The number of esters is 1. The first-order valence-corrected chi connectivity index (χ1v) is 5.35. The van der Waals surface area contributed by atoms with Gasteiger partial charge >= 0.3 is 5.97 Å². The third-order valence-electron chi connectivity index (χ3n) is 1.96. The fourth-order valence-corrected chi connectivity index (χ4v) is 1.14. The number of rotatable bonds is 9. The molecule has 0 saturated heterocycles. The van der Waals surface area contributed by atoms with Gasteiger partial charge < -0.3 is 14.2 Å². The molecule has 0 heterocycles. The van der Waals surface area contributed by atoms with Gasteiger partial charge in [0.05, 0.1) is 6.07 Å². The van der Waals surface area contributed by atoms with Crippen LogP contribution in [0, 0.1) is 34.4 Å². The van der Waals surface area contributed by atoms with Crippen molar-refractivity contribution in [3.8, 4) is 18.6 Å². The standard InChI is InChI=1S/C11H13N3O4/c12-5-3-1-2-4-10(18-9-14)11(15)17-7-6-16-8-13/h10H,1-4,6-7H2. The van der Waals surface area contributed by atoms with Crippen LogP contribution in [0.3, 0.4) is 0 Å². The van der Waals surface area contributed by atoms with Crippen molar-refractivity contribution in [3.63, 3.8) is 0 Å². The number of hydrogen-bond acceptors (Lipinski definition) is 7. The number of unbranched alkanes of at least 4 members (excludes halogenated alkanes) is 2. The van der Waals surface area contributed by atoms with Gasteiger partial charge in [0.15, 0.2) is 0 Å². The Kier molecular flexibility index (Phi) is 9.53. The van der Waals surface area contributed by atoms with Crippen LogP contribution >= 0.6 is 0 Å². The minimum Gasteiger partial charge on any atom is -0.459 e. The van der Waals surface area contributed by atoms with Gasteiger partial charge in [-0.2, -0.15) is 15.8 Å². The molecule has 1 unspecified atom stereocenters. The molecule has 7 heteroatoms. The second-order valence-corrected chi connectivity index (χ2v) is 3.21. The Bertz CT molecular complexity index is 364. The van der Waals surface area contributed by atoms with Gasteiger partial charge in [0.25, 0.3) is 12.5 Å². The summed E-state index contributed by atoms with van der Waals surface area (Å²) in [5.74, 6) is -0.671. The Morgan fingerprint density at radius 2 is 1.89 bits per heavy atom. The zero-order chi connectivity index (χ0) is 13.6. The third kappa shape index (κ3) is 7.78. The Labute approximate surface area is 105 Å². The summed E-state index contributed by atoms with van der Waals surface area (Å²) < 4.78 is 13.7. The van der Waals surface area contributed by atoms with E-state index in [1.165, 1.54) is 12.5 Å². The average molecular weight is 251 g/mol. The fraction of sp³-hybridized carbons (Fsp3) is 0.636. The second kappa shape index (κ2) is 11.0. The molecule has 0 radical (unpaired) electrons. The summed E-state index contributed by atoms with van der Waals surface area (Å²) in [6.45, 7) is -0.105. The summed E-state index contributed by atoms with van der Waals surface area (Å²) in [7, 11) is 0. The molecule has 0 aromatic carbocycles. The second-order valence-electron chi connectivity index (χ2n) is 3.21. The number of hydrogen-bond donors (Lipinski definition) is 0. The lowest BCUT2D eigenvalue weighted by Crippen LogP contribution is -2.26. The molecule has 96 valence electrons. The van der Waals surface area contributed by atoms with Crippen molar-refractivity contribution < 1.29 is 19.0 Å². The Morgan fingerprint density at radius 3 is 2.50 bits per heavy atom. The predicted molar refractivity (Wildman–Crippen MR) is 57.1 cm³/mol. The molecule has 0 saturated carbocycles. The molecule has 0 rings (SSSR count). The highest BCUT2D eigenvalue weighted by Crippen LogP contribution is 2.08. The quantitative estimate of drug-likeness (QED) is 0.340. The highest BCUT2D eigenvalue weighted by atomic mass is 16.6. The topological polar surface area (TPSA) is 116 Å². The molecule has 7 nitrogen and oxygen atoms in total. The van der Waals surface area contributed by atoms with Crippen LogP contribution in [0.5, 0.6) is 0 Å². The van der Waals surface area contributed by atoms with E-state index < -0.39 is 12.1 Å². The Hall–Kier alpha value is -2.46. The first-order valence-electron chi connectivity index (χ1n) is 5.35. The number of nitrogens with zero attached hydrogens (tertiary/aromatic N) is 3. The summed E-state index contributed by atoms with van der Waals surface area (Å²) in [4.78, 5) is 11.5. The summed E-state index contributed by atoms with van der Waals surface area (Å²) in [6, 6.07) is 1.98. The molecule has 0 aliphatic rings. The van der Waals surface area contributed by atoms with Gasteiger partial charge in [-0.15, -0.1) is 0 Å². The molecule has 18 heavy (non-hydrogen) atoms. The van der Waals surface area contributed by atoms with Crippen LogP contribution in [0.2, 0.25) is 0 Å². The summed E-state index contributed by atoms with van der Waals surface area (Å²) in [6.07, 6.45) is 3.84. The lowest BCUT2D eigenvalue weighted by molar-refractivity contribution is -0.154. The van der Waals surface area contributed by atoms with Crippen LogP contribution < -0.4 is 0 Å². The van der Waals surface area contributed by atoms with Gasteiger partial charge in [-0.05, 0) is 19.3 Å². The number of ether oxygens (including phenoxy) is 3. The van der Waals surface area contributed by atoms with Gasteiger partial charge in [-0.3, -0.25) is 0 Å². The summed E-state index contributed by atoms with van der Waals surface area (Å²) in [5, 5.41) is 24.8. The molecule has 0 N–H and O–H groups in total. The van der Waals surface area contributed by atoms with Crippen molar-refractivity contribution in [2.75, 3.05) is 13.2 Å². The van der Waals surface area contributed by atoms with Crippen LogP contribution in [0.15, 0.2) is 0 Å². The van der Waals surface area contributed by atoms with Crippen LogP contribution in [0.4, 0.5) is 0 Å². The van der Waals surface area contributed by atoms with Crippen molar-refractivity contribution >= 4 is 5.97 Å². The summed E-state index contributed by atoms with van der Waals surface area (Å²) >= 11 is 0. The molecule has 0 spiro atoms. The largest absolute Gasteiger partial charge is 0.459 e. The first-order chi connectivity index (χ1) is 8.76. The van der Waals surface area contributed by atoms with E-state index in [4.69, 9.17) is 20.5 Å². The molecule has 0 aliphatic carbocycles. The zero-order valence-corrected chi connectivity index (χ0v) is 9.79. The van der Waals surface area contributed by atoms with Gasteiger partial charge in [0.2, 0.25) is 6.10 Å². The number of carbonyl (C=O) groups is 1. The highest BCUT2D eigenvalue weighted by Gasteiger charge is 2.21. The minimum absolute atomic E-state index is 0.0318. The lowest BCUT2D eigenvalue weighted by Gasteiger charge is -2.12. The van der Waals surface area contributed by atoms with Gasteiger partial charge in [-0.1, -0.05) is 0 Å². The van der Waals surface area contributed by atoms with Crippen molar-refractivity contribution in [3.05, 3.63) is 0 Å². The maximum Gasteiger partial charge on any atom is 0.348 e. The molecule has 0 fully saturated rings. The number of carbonyl (C=O) groups excluding carboxylic acids is 1. The van der Waals surface area contributed by atoms with Gasteiger partial charge in [0, 0.05) is 6.42 Å².